The van der Waals surface area contributed by atoms with E-state index in [1.54, 1.807) is 24.3 Å². The molecule has 0 aromatic heterocycles. The Kier molecular flexibility index (Phi) is 7.40. The Labute approximate surface area is 222 Å². The van der Waals surface area contributed by atoms with Gasteiger partial charge in [0.25, 0.3) is 5.91 Å². The number of likely N-dealkylation sites (N-methyl/N-ethyl adjacent to an activating group) is 1. The van der Waals surface area contributed by atoms with Gasteiger partial charge in [0.1, 0.15) is 17.1 Å². The number of rotatable bonds is 5. The van der Waals surface area contributed by atoms with E-state index in [-0.39, 0.29) is 27.9 Å². The molecule has 4 rings (SSSR count). The third-order valence-corrected chi connectivity index (χ3v) is 8.88. The van der Waals surface area contributed by atoms with Crippen LogP contribution in [0.1, 0.15) is 5.56 Å². The zero-order chi connectivity index (χ0) is 26.4. The van der Waals surface area contributed by atoms with Crippen LogP contribution < -0.4 is 5.73 Å². The fourth-order valence-corrected chi connectivity index (χ4v) is 6.84. The highest BCUT2D eigenvalue weighted by molar-refractivity contribution is 7.89. The molecular weight excluding hydrogens is 555 g/mol. The van der Waals surface area contributed by atoms with Gasteiger partial charge < -0.3 is 20.3 Å². The average molecular weight is 576 g/mol. The summed E-state index contributed by atoms with van der Waals surface area (Å²) in [6.07, 6.45) is -3.85. The van der Waals surface area contributed by atoms with E-state index < -0.39 is 52.8 Å². The summed E-state index contributed by atoms with van der Waals surface area (Å²) >= 11 is 18.1. The van der Waals surface area contributed by atoms with Gasteiger partial charge in [-0.15, -0.1) is 0 Å². The number of carbonyl (C=O) groups is 3. The third kappa shape index (κ3) is 4.98. The first kappa shape index (κ1) is 26.5. The van der Waals surface area contributed by atoms with Gasteiger partial charge in [-0.1, -0.05) is 46.9 Å². The average Bonchev–Trinajstić information content (AvgIpc) is 2.79. The first-order valence-electron chi connectivity index (χ1n) is 10.6. The van der Waals surface area contributed by atoms with Crippen LogP contribution in [0.5, 0.6) is 0 Å². The van der Waals surface area contributed by atoms with Crippen molar-refractivity contribution in [1.29, 1.82) is 0 Å². The van der Waals surface area contributed by atoms with Gasteiger partial charge in [0.2, 0.25) is 15.9 Å². The van der Waals surface area contributed by atoms with Gasteiger partial charge in [0.05, 0.1) is 18.1 Å². The molecule has 2 aliphatic heterocycles. The Bertz CT molecular complexity index is 1320. The normalized spacial score (nSPS) is 22.9. The lowest BCUT2D eigenvalue weighted by Crippen LogP contribution is -2.74. The summed E-state index contributed by atoms with van der Waals surface area (Å²) in [4.78, 5) is 40.5. The van der Waals surface area contributed by atoms with E-state index in [1.165, 1.54) is 30.1 Å². The van der Waals surface area contributed by atoms with Crippen molar-refractivity contribution >= 4 is 62.7 Å². The fourth-order valence-electron chi connectivity index (χ4n) is 4.39. The van der Waals surface area contributed by atoms with E-state index >= 15 is 0 Å². The van der Waals surface area contributed by atoms with Crippen molar-refractivity contribution in [2.45, 2.75) is 29.6 Å². The van der Waals surface area contributed by atoms with Crippen molar-refractivity contribution in [2.75, 3.05) is 20.1 Å². The second-order valence-corrected chi connectivity index (χ2v) is 11.5. The molecule has 3 atom stereocenters. The molecule has 14 heteroatoms. The Balaban J connectivity index is 1.80. The zero-order valence-corrected chi connectivity index (χ0v) is 21.9. The Morgan fingerprint density at radius 1 is 1.03 bits per heavy atom. The second kappa shape index (κ2) is 10.1. The predicted octanol–water partition coefficient (Wildman–Crippen LogP) is 2.35. The summed E-state index contributed by atoms with van der Waals surface area (Å²) in [5.74, 6) is -1.14. The summed E-state index contributed by atoms with van der Waals surface area (Å²) < 4.78 is 33.5. The highest BCUT2D eigenvalue weighted by Gasteiger charge is 2.54. The van der Waals surface area contributed by atoms with Gasteiger partial charge in [-0.25, -0.2) is 13.2 Å². The lowest BCUT2D eigenvalue weighted by molar-refractivity contribution is -0.172. The molecule has 0 aliphatic carbocycles. The first-order valence-corrected chi connectivity index (χ1v) is 13.2. The number of benzene rings is 2. The summed E-state index contributed by atoms with van der Waals surface area (Å²) in [6, 6.07) is 9.49. The number of fused-ring (bicyclic) bond motifs is 1. The molecule has 2 aliphatic rings. The number of sulfonamides is 1. The number of nitrogens with zero attached hydrogens (tertiary/aromatic N) is 3. The molecule has 0 radical (unpaired) electrons. The molecule has 0 bridgehead atoms. The molecule has 192 valence electrons. The largest absolute Gasteiger partial charge is 0.435 e. The number of carbonyl (C=O) groups excluding carboxylic acids is 3. The maximum absolute atomic E-state index is 13.8. The van der Waals surface area contributed by atoms with Crippen molar-refractivity contribution in [3.05, 3.63) is 63.1 Å². The highest BCUT2D eigenvalue weighted by Crippen LogP contribution is 2.34. The standard InChI is InChI=1S/C22H21Cl3N4O6S/c1-27-11-19-28(36(33,34)18-7-6-14(24)9-15(18)25)10-17(35-22(26)32)21(31)29(19)16(20(27)30)8-12-2-4-13(23)5-3-12/h2-7,9,16-17,19H,8,10-11H2,1H3,(H2,26,32). The van der Waals surface area contributed by atoms with Gasteiger partial charge in [-0.05, 0) is 35.9 Å². The SMILES string of the molecule is CN1CC2N(C(=O)C(OC(N)=O)CN2S(=O)(=O)c2ccc(Cl)cc2Cl)C(Cc2ccc(Cl)cc2)C1=O. The van der Waals surface area contributed by atoms with Gasteiger partial charge >= 0.3 is 6.09 Å². The van der Waals surface area contributed by atoms with Crippen LogP contribution in [-0.2, 0) is 30.8 Å². The van der Waals surface area contributed by atoms with E-state index in [4.69, 9.17) is 45.3 Å². The minimum atomic E-state index is -4.35. The molecule has 3 amide bonds. The van der Waals surface area contributed by atoms with Gasteiger partial charge in [0, 0.05) is 23.5 Å². The van der Waals surface area contributed by atoms with E-state index in [9.17, 15) is 22.8 Å². The van der Waals surface area contributed by atoms with Crippen LogP contribution in [0.15, 0.2) is 47.4 Å². The van der Waals surface area contributed by atoms with Crippen LogP contribution in [0.2, 0.25) is 15.1 Å². The van der Waals surface area contributed by atoms with E-state index in [0.717, 1.165) is 9.21 Å². The topological polar surface area (TPSA) is 130 Å². The van der Waals surface area contributed by atoms with Gasteiger partial charge in [-0.2, -0.15) is 4.31 Å². The molecular formula is C22H21Cl3N4O6S. The number of hydrogen-bond donors (Lipinski definition) is 1. The molecule has 2 aromatic rings. The van der Waals surface area contributed by atoms with Crippen LogP contribution in [0, 0.1) is 0 Å². The van der Waals surface area contributed by atoms with Crippen molar-refractivity contribution in [1.82, 2.24) is 14.1 Å². The number of amides is 3. The molecule has 2 N–H and O–H groups in total. The summed E-state index contributed by atoms with van der Waals surface area (Å²) in [5.41, 5.74) is 5.85. The van der Waals surface area contributed by atoms with Crippen molar-refractivity contribution in [3.63, 3.8) is 0 Å². The molecule has 36 heavy (non-hydrogen) atoms. The van der Waals surface area contributed by atoms with Crippen molar-refractivity contribution < 1.29 is 27.5 Å². The van der Waals surface area contributed by atoms with E-state index in [0.29, 0.717) is 10.6 Å². The maximum atomic E-state index is 13.8. The second-order valence-electron chi connectivity index (χ2n) is 8.37. The molecule has 2 aromatic carbocycles. The highest BCUT2D eigenvalue weighted by atomic mass is 35.5. The third-order valence-electron chi connectivity index (χ3n) is 6.04. The smallest absolute Gasteiger partial charge is 0.405 e. The zero-order valence-electron chi connectivity index (χ0n) is 18.8. The molecule has 0 spiro atoms. The number of halogens is 3. The number of hydrogen-bond acceptors (Lipinski definition) is 6. The number of piperazine rings is 1. The van der Waals surface area contributed by atoms with Crippen LogP contribution >= 0.6 is 34.8 Å². The molecule has 0 saturated carbocycles. The Morgan fingerprint density at radius 3 is 2.28 bits per heavy atom. The molecule has 2 saturated heterocycles. The molecule has 10 nitrogen and oxygen atoms in total. The van der Waals surface area contributed by atoms with Crippen molar-refractivity contribution in [2.24, 2.45) is 5.73 Å². The lowest BCUT2D eigenvalue weighted by Gasteiger charge is -2.52. The van der Waals surface area contributed by atoms with Crippen LogP contribution in [0.25, 0.3) is 0 Å². The Morgan fingerprint density at radius 2 is 1.67 bits per heavy atom. The number of ether oxygens (including phenoxy) is 1. The minimum Gasteiger partial charge on any atom is -0.435 e. The van der Waals surface area contributed by atoms with E-state index in [2.05, 4.69) is 0 Å². The van der Waals surface area contributed by atoms with E-state index in [1.807, 2.05) is 0 Å². The number of primary amides is 1. The molecule has 3 unspecified atom stereocenters. The van der Waals surface area contributed by atoms with Gasteiger partial charge in [-0.3, -0.25) is 9.59 Å². The summed E-state index contributed by atoms with van der Waals surface area (Å²) in [5, 5.41) is 0.594. The monoisotopic (exact) mass is 574 g/mol. The number of nitrogens with two attached hydrogens (primary N) is 1. The minimum absolute atomic E-state index is 0.0709. The molecule has 2 fully saturated rings. The predicted molar refractivity (Wildman–Crippen MR) is 132 cm³/mol. The fraction of sp³-hybridized carbons (Fsp3) is 0.318. The van der Waals surface area contributed by atoms with Crippen LogP contribution in [0.4, 0.5) is 4.79 Å². The lowest BCUT2D eigenvalue weighted by atomic mass is 9.98. The van der Waals surface area contributed by atoms with Gasteiger partial charge in [0.15, 0.2) is 6.10 Å². The molecule has 2 heterocycles. The van der Waals surface area contributed by atoms with Crippen LogP contribution in [-0.4, -0.2) is 78.9 Å². The maximum Gasteiger partial charge on any atom is 0.405 e. The Hall–Kier alpha value is -2.57. The summed E-state index contributed by atoms with van der Waals surface area (Å²) in [7, 11) is -2.83. The van der Waals surface area contributed by atoms with Crippen molar-refractivity contribution in [3.8, 4) is 0 Å². The quantitative estimate of drug-likeness (QED) is 0.583. The van der Waals surface area contributed by atoms with Crippen LogP contribution in [0.3, 0.4) is 0 Å². The summed E-state index contributed by atoms with van der Waals surface area (Å²) in [6.45, 7) is -0.630. The first-order chi connectivity index (χ1) is 16.9.